The fourth-order valence-corrected chi connectivity index (χ4v) is 3.67. The van der Waals surface area contributed by atoms with Crippen molar-refractivity contribution in [1.29, 1.82) is 0 Å². The van der Waals surface area contributed by atoms with Crippen molar-refractivity contribution in [2.75, 3.05) is 26.2 Å². The number of carbonyl (C=O) groups is 1. The van der Waals surface area contributed by atoms with E-state index in [0.717, 1.165) is 13.1 Å². The largest absolute Gasteiger partial charge is 0.373 e. The molecule has 1 aliphatic rings. The molecule has 1 aliphatic heterocycles. The molecule has 1 aromatic carbocycles. The number of halogens is 2. The molecule has 0 spiro atoms. The number of nitrogens with one attached hydrogen (secondary N) is 1. The van der Waals surface area contributed by atoms with Crippen LogP contribution in [0.1, 0.15) is 30.0 Å². The monoisotopic (exact) mass is 395 g/mol. The summed E-state index contributed by atoms with van der Waals surface area (Å²) in [5, 5.41) is 6.90. The van der Waals surface area contributed by atoms with Crippen LogP contribution in [-0.4, -0.2) is 54.4 Å². The van der Waals surface area contributed by atoms with Gasteiger partial charge in [0.25, 0.3) is 5.91 Å². The molecule has 2 atom stereocenters. The number of benzene rings is 1. The molecule has 0 bridgehead atoms. The predicted octanol–water partition coefficient (Wildman–Crippen LogP) is 3.28. The Morgan fingerprint density at radius 3 is 2.74 bits per heavy atom. The zero-order chi connectivity index (χ0) is 19.6. The molecular formula is C19H23ClFN3O3. The first-order valence-corrected chi connectivity index (χ1v) is 9.31. The second kappa shape index (κ2) is 8.37. The highest BCUT2D eigenvalue weighted by Crippen LogP contribution is 2.33. The molecule has 1 amide bonds. The molecule has 3 rings (SSSR count). The summed E-state index contributed by atoms with van der Waals surface area (Å²) in [5.41, 5.74) is 0.379. The molecule has 0 aliphatic carbocycles. The predicted molar refractivity (Wildman–Crippen MR) is 100 cm³/mol. The number of carbonyl (C=O) groups excluding carboxylic acids is 1. The van der Waals surface area contributed by atoms with Crippen LogP contribution in [0.15, 0.2) is 22.7 Å². The van der Waals surface area contributed by atoms with Gasteiger partial charge in [0.05, 0.1) is 22.8 Å². The SMILES string of the molecule is Cc1onc(-c2c(F)cccc2Cl)c1C(=O)NCCN1CC(C)OC(C)C1. The van der Waals surface area contributed by atoms with Crippen LogP contribution in [0, 0.1) is 12.7 Å². The molecule has 1 saturated heterocycles. The zero-order valence-electron chi connectivity index (χ0n) is 15.6. The third-order valence-electron chi connectivity index (χ3n) is 4.50. The molecule has 2 aromatic rings. The number of aromatic nitrogens is 1. The van der Waals surface area contributed by atoms with E-state index >= 15 is 0 Å². The maximum Gasteiger partial charge on any atom is 0.257 e. The topological polar surface area (TPSA) is 67.6 Å². The highest BCUT2D eigenvalue weighted by atomic mass is 35.5. The van der Waals surface area contributed by atoms with E-state index in [4.69, 9.17) is 20.9 Å². The van der Waals surface area contributed by atoms with Gasteiger partial charge in [-0.1, -0.05) is 22.8 Å². The van der Waals surface area contributed by atoms with Gasteiger partial charge in [0, 0.05) is 26.2 Å². The van der Waals surface area contributed by atoms with Crippen LogP contribution in [0.5, 0.6) is 0 Å². The first kappa shape index (κ1) is 19.8. The van der Waals surface area contributed by atoms with Crippen LogP contribution in [0.4, 0.5) is 4.39 Å². The van der Waals surface area contributed by atoms with E-state index in [2.05, 4.69) is 15.4 Å². The second-order valence-corrected chi connectivity index (χ2v) is 7.24. The van der Waals surface area contributed by atoms with Crippen LogP contribution in [0.3, 0.4) is 0 Å². The minimum atomic E-state index is -0.554. The summed E-state index contributed by atoms with van der Waals surface area (Å²) in [6, 6.07) is 4.32. The molecule has 0 saturated carbocycles. The minimum Gasteiger partial charge on any atom is -0.373 e. The Morgan fingerprint density at radius 1 is 1.37 bits per heavy atom. The summed E-state index contributed by atoms with van der Waals surface area (Å²) < 4.78 is 25.1. The van der Waals surface area contributed by atoms with E-state index in [0.29, 0.717) is 18.8 Å². The number of hydrogen-bond acceptors (Lipinski definition) is 5. The fraction of sp³-hybridized carbons (Fsp3) is 0.474. The van der Waals surface area contributed by atoms with Gasteiger partial charge < -0.3 is 14.6 Å². The normalized spacial score (nSPS) is 20.6. The molecule has 2 heterocycles. The lowest BCUT2D eigenvalue weighted by atomic mass is 10.0. The number of amides is 1. The van der Waals surface area contributed by atoms with Gasteiger partial charge in [0.1, 0.15) is 22.8 Å². The Morgan fingerprint density at radius 2 is 2.07 bits per heavy atom. The van der Waals surface area contributed by atoms with E-state index in [1.807, 2.05) is 13.8 Å². The van der Waals surface area contributed by atoms with E-state index in [9.17, 15) is 9.18 Å². The Hall–Kier alpha value is -1.96. The van der Waals surface area contributed by atoms with Crippen molar-refractivity contribution in [1.82, 2.24) is 15.4 Å². The number of morpholine rings is 1. The molecular weight excluding hydrogens is 373 g/mol. The molecule has 2 unspecified atom stereocenters. The molecule has 1 aromatic heterocycles. The average molecular weight is 396 g/mol. The smallest absolute Gasteiger partial charge is 0.257 e. The second-order valence-electron chi connectivity index (χ2n) is 6.83. The molecule has 8 heteroatoms. The van der Waals surface area contributed by atoms with Crippen LogP contribution in [0.25, 0.3) is 11.3 Å². The van der Waals surface area contributed by atoms with Crippen LogP contribution in [0.2, 0.25) is 5.02 Å². The first-order valence-electron chi connectivity index (χ1n) is 8.93. The van der Waals surface area contributed by atoms with Gasteiger partial charge in [-0.05, 0) is 32.9 Å². The molecule has 1 fully saturated rings. The fourth-order valence-electron chi connectivity index (χ4n) is 3.42. The van der Waals surface area contributed by atoms with Crippen LogP contribution in [-0.2, 0) is 4.74 Å². The number of aryl methyl sites for hydroxylation is 1. The summed E-state index contributed by atoms with van der Waals surface area (Å²) in [6.07, 6.45) is 0.333. The Bertz CT molecular complexity index is 796. The van der Waals surface area contributed by atoms with Crippen molar-refractivity contribution in [2.24, 2.45) is 0 Å². The lowest BCUT2D eigenvalue weighted by molar-refractivity contribution is -0.0672. The summed E-state index contributed by atoms with van der Waals surface area (Å²) >= 11 is 6.11. The van der Waals surface area contributed by atoms with Crippen molar-refractivity contribution < 1.29 is 18.4 Å². The lowest BCUT2D eigenvalue weighted by Crippen LogP contribution is -2.47. The minimum absolute atomic E-state index is 0.0667. The third-order valence-corrected chi connectivity index (χ3v) is 4.81. The van der Waals surface area contributed by atoms with Crippen molar-refractivity contribution >= 4 is 17.5 Å². The quantitative estimate of drug-likeness (QED) is 0.841. The lowest BCUT2D eigenvalue weighted by Gasteiger charge is -2.35. The maximum atomic E-state index is 14.2. The van der Waals surface area contributed by atoms with E-state index < -0.39 is 5.82 Å². The van der Waals surface area contributed by atoms with Gasteiger partial charge >= 0.3 is 0 Å². The van der Waals surface area contributed by atoms with E-state index in [1.54, 1.807) is 13.0 Å². The summed E-state index contributed by atoms with van der Waals surface area (Å²) in [4.78, 5) is 14.9. The van der Waals surface area contributed by atoms with Crippen LogP contribution >= 0.6 is 11.6 Å². The zero-order valence-corrected chi connectivity index (χ0v) is 16.3. The van der Waals surface area contributed by atoms with Crippen molar-refractivity contribution in [2.45, 2.75) is 33.0 Å². The molecule has 146 valence electrons. The molecule has 6 nitrogen and oxygen atoms in total. The van der Waals surface area contributed by atoms with Gasteiger partial charge in [-0.2, -0.15) is 0 Å². The summed E-state index contributed by atoms with van der Waals surface area (Å²) in [7, 11) is 0. The van der Waals surface area contributed by atoms with Gasteiger partial charge in [-0.3, -0.25) is 9.69 Å². The summed E-state index contributed by atoms with van der Waals surface area (Å²) in [5.74, 6) is -0.603. The van der Waals surface area contributed by atoms with Gasteiger partial charge in [-0.15, -0.1) is 0 Å². The number of hydrogen-bond donors (Lipinski definition) is 1. The third kappa shape index (κ3) is 4.48. The van der Waals surface area contributed by atoms with Crippen molar-refractivity contribution in [3.05, 3.63) is 40.4 Å². The van der Waals surface area contributed by atoms with Gasteiger partial charge in [0.15, 0.2) is 0 Å². The summed E-state index contributed by atoms with van der Waals surface area (Å²) in [6.45, 7) is 8.48. The molecule has 1 N–H and O–H groups in total. The Balaban J connectivity index is 1.70. The number of ether oxygens (including phenoxy) is 1. The Kier molecular flexibility index (Phi) is 6.14. The first-order chi connectivity index (χ1) is 12.9. The van der Waals surface area contributed by atoms with Crippen molar-refractivity contribution in [3.63, 3.8) is 0 Å². The molecule has 0 radical (unpaired) electrons. The Labute approximate surface area is 162 Å². The van der Waals surface area contributed by atoms with Crippen molar-refractivity contribution in [3.8, 4) is 11.3 Å². The number of nitrogens with zero attached hydrogens (tertiary/aromatic N) is 2. The number of rotatable bonds is 5. The van der Waals surface area contributed by atoms with Gasteiger partial charge in [0.2, 0.25) is 0 Å². The van der Waals surface area contributed by atoms with Crippen LogP contribution < -0.4 is 5.32 Å². The molecule has 27 heavy (non-hydrogen) atoms. The van der Waals surface area contributed by atoms with E-state index in [-0.39, 0.29) is 40.0 Å². The highest BCUT2D eigenvalue weighted by Gasteiger charge is 2.26. The maximum absolute atomic E-state index is 14.2. The van der Waals surface area contributed by atoms with E-state index in [1.165, 1.54) is 12.1 Å². The van der Waals surface area contributed by atoms with Gasteiger partial charge in [-0.25, -0.2) is 4.39 Å². The highest BCUT2D eigenvalue weighted by molar-refractivity contribution is 6.33. The average Bonchev–Trinajstić information content (AvgIpc) is 2.95. The standard InChI is InChI=1S/C19H23ClFN3O3/c1-11-9-24(10-12(2)26-11)8-7-22-19(25)16-13(3)27-23-18(16)17-14(20)5-4-6-15(17)21/h4-6,11-12H,7-10H2,1-3H3,(H,22,25).